The Morgan fingerprint density at radius 3 is 2.76 bits per heavy atom. The Morgan fingerprint density at radius 2 is 2.00 bits per heavy atom. The maximum atomic E-state index is 12.7. The van der Waals surface area contributed by atoms with Gasteiger partial charge < -0.3 is 14.4 Å². The number of hydrogen-bond acceptors (Lipinski definition) is 3. The highest BCUT2D eigenvalue weighted by Crippen LogP contribution is 2.31. The van der Waals surface area contributed by atoms with Gasteiger partial charge in [0.05, 0.1) is 20.1 Å². The molecule has 1 aliphatic rings. The Labute approximate surface area is 149 Å². The number of amides is 1. The molecule has 25 heavy (non-hydrogen) atoms. The highest BCUT2D eigenvalue weighted by Gasteiger charge is 2.22. The number of fused-ring (bicyclic) bond motifs is 1. The van der Waals surface area contributed by atoms with Crippen LogP contribution in [-0.2, 0) is 11.2 Å². The third-order valence-corrected chi connectivity index (χ3v) is 4.61. The summed E-state index contributed by atoms with van der Waals surface area (Å²) in [6, 6.07) is 12.0. The van der Waals surface area contributed by atoms with Crippen molar-refractivity contribution in [3.05, 3.63) is 53.1 Å². The van der Waals surface area contributed by atoms with E-state index in [1.165, 1.54) is 11.1 Å². The molecule has 1 amide bonds. The average Bonchev–Trinajstić information content (AvgIpc) is 2.62. The normalized spacial score (nSPS) is 13.3. The van der Waals surface area contributed by atoms with Crippen LogP contribution in [0.4, 0.5) is 5.69 Å². The molecule has 0 aliphatic carbocycles. The predicted octanol–water partition coefficient (Wildman–Crippen LogP) is 4.06. The summed E-state index contributed by atoms with van der Waals surface area (Å²) in [5.74, 6) is 1.80. The quantitative estimate of drug-likeness (QED) is 0.824. The zero-order chi connectivity index (χ0) is 17.8. The fourth-order valence-corrected chi connectivity index (χ4v) is 3.30. The summed E-state index contributed by atoms with van der Waals surface area (Å²) in [7, 11) is 1.66. The van der Waals surface area contributed by atoms with Gasteiger partial charge in [0.2, 0.25) is 5.91 Å². The fraction of sp³-hybridized carbons (Fsp3) is 0.381. The largest absolute Gasteiger partial charge is 0.497 e. The molecule has 2 aromatic carbocycles. The molecule has 0 spiro atoms. The zero-order valence-corrected chi connectivity index (χ0v) is 15.2. The standard InChI is InChI=1S/C21H25NO3/c1-15-6-9-20(16(2)13-15)25-12-10-21(23)22-11-4-5-17-14-18(24-3)7-8-19(17)22/h6-9,13-14H,4-5,10-12H2,1-3H3. The molecule has 3 rings (SSSR count). The van der Waals surface area contributed by atoms with Gasteiger partial charge in [0.25, 0.3) is 0 Å². The van der Waals surface area contributed by atoms with Crippen LogP contribution in [0.3, 0.4) is 0 Å². The average molecular weight is 339 g/mol. The van der Waals surface area contributed by atoms with Crippen molar-refractivity contribution in [2.45, 2.75) is 33.1 Å². The number of methoxy groups -OCH3 is 1. The maximum absolute atomic E-state index is 12.7. The van der Waals surface area contributed by atoms with Crippen LogP contribution in [0, 0.1) is 13.8 Å². The number of carbonyl (C=O) groups excluding carboxylic acids is 1. The lowest BCUT2D eigenvalue weighted by molar-refractivity contribution is -0.119. The van der Waals surface area contributed by atoms with E-state index < -0.39 is 0 Å². The van der Waals surface area contributed by atoms with Crippen molar-refractivity contribution in [2.75, 3.05) is 25.2 Å². The minimum Gasteiger partial charge on any atom is -0.497 e. The van der Waals surface area contributed by atoms with E-state index in [4.69, 9.17) is 9.47 Å². The molecular weight excluding hydrogens is 314 g/mol. The Morgan fingerprint density at radius 1 is 1.16 bits per heavy atom. The van der Waals surface area contributed by atoms with Crippen LogP contribution in [0.25, 0.3) is 0 Å². The number of aryl methyl sites for hydroxylation is 3. The first-order valence-electron chi connectivity index (χ1n) is 8.76. The highest BCUT2D eigenvalue weighted by molar-refractivity contribution is 5.94. The molecule has 0 saturated heterocycles. The molecule has 0 unspecified atom stereocenters. The second kappa shape index (κ2) is 7.60. The lowest BCUT2D eigenvalue weighted by atomic mass is 10.0. The molecular formula is C21H25NO3. The van der Waals surface area contributed by atoms with Crippen LogP contribution in [0.2, 0.25) is 0 Å². The first kappa shape index (κ1) is 17.3. The Bertz CT molecular complexity index is 770. The molecule has 0 bridgehead atoms. The molecule has 132 valence electrons. The van der Waals surface area contributed by atoms with E-state index in [1.54, 1.807) is 7.11 Å². The molecule has 0 radical (unpaired) electrons. The number of benzene rings is 2. The topological polar surface area (TPSA) is 38.8 Å². The zero-order valence-electron chi connectivity index (χ0n) is 15.2. The van der Waals surface area contributed by atoms with Crippen LogP contribution in [0.5, 0.6) is 11.5 Å². The van der Waals surface area contributed by atoms with Gasteiger partial charge in [-0.15, -0.1) is 0 Å². The molecule has 1 aliphatic heterocycles. The van der Waals surface area contributed by atoms with Gasteiger partial charge in [-0.1, -0.05) is 17.7 Å². The van der Waals surface area contributed by atoms with Gasteiger partial charge in [-0.3, -0.25) is 4.79 Å². The highest BCUT2D eigenvalue weighted by atomic mass is 16.5. The lowest BCUT2D eigenvalue weighted by Crippen LogP contribution is -2.36. The van der Waals surface area contributed by atoms with Crippen molar-refractivity contribution in [1.82, 2.24) is 0 Å². The van der Waals surface area contributed by atoms with Crippen LogP contribution in [0.1, 0.15) is 29.5 Å². The summed E-state index contributed by atoms with van der Waals surface area (Å²) in [5, 5.41) is 0. The van der Waals surface area contributed by atoms with Gasteiger partial charge in [0, 0.05) is 12.2 Å². The van der Waals surface area contributed by atoms with Crippen molar-refractivity contribution in [2.24, 2.45) is 0 Å². The number of carbonyl (C=O) groups is 1. The number of hydrogen-bond donors (Lipinski definition) is 0. The van der Waals surface area contributed by atoms with Crippen LogP contribution in [0.15, 0.2) is 36.4 Å². The Hall–Kier alpha value is -2.49. The minimum absolute atomic E-state index is 0.107. The van der Waals surface area contributed by atoms with Crippen LogP contribution < -0.4 is 14.4 Å². The number of rotatable bonds is 5. The van der Waals surface area contributed by atoms with E-state index in [1.807, 2.05) is 42.2 Å². The van der Waals surface area contributed by atoms with E-state index in [9.17, 15) is 4.79 Å². The summed E-state index contributed by atoms with van der Waals surface area (Å²) in [6.45, 7) is 5.24. The number of anilines is 1. The minimum atomic E-state index is 0.107. The van der Waals surface area contributed by atoms with Crippen molar-refractivity contribution in [3.63, 3.8) is 0 Å². The molecule has 0 fully saturated rings. The number of nitrogens with zero attached hydrogens (tertiary/aromatic N) is 1. The number of ether oxygens (including phenoxy) is 2. The molecule has 0 N–H and O–H groups in total. The van der Waals surface area contributed by atoms with Crippen molar-refractivity contribution < 1.29 is 14.3 Å². The van der Waals surface area contributed by atoms with E-state index in [-0.39, 0.29) is 5.91 Å². The van der Waals surface area contributed by atoms with E-state index in [0.29, 0.717) is 13.0 Å². The monoisotopic (exact) mass is 339 g/mol. The maximum Gasteiger partial charge on any atom is 0.230 e. The second-order valence-corrected chi connectivity index (χ2v) is 6.51. The summed E-state index contributed by atoms with van der Waals surface area (Å²) >= 11 is 0. The third kappa shape index (κ3) is 3.95. The second-order valence-electron chi connectivity index (χ2n) is 6.51. The van der Waals surface area contributed by atoms with E-state index in [0.717, 1.165) is 42.1 Å². The molecule has 0 atom stereocenters. The van der Waals surface area contributed by atoms with Crippen molar-refractivity contribution in [3.8, 4) is 11.5 Å². The van der Waals surface area contributed by atoms with Gasteiger partial charge in [0.15, 0.2) is 0 Å². The van der Waals surface area contributed by atoms with Gasteiger partial charge in [-0.05, 0) is 62.1 Å². The van der Waals surface area contributed by atoms with Crippen LogP contribution in [-0.4, -0.2) is 26.2 Å². The summed E-state index contributed by atoms with van der Waals surface area (Å²) in [5.41, 5.74) is 4.49. The molecule has 4 heteroatoms. The smallest absolute Gasteiger partial charge is 0.230 e. The van der Waals surface area contributed by atoms with Gasteiger partial charge in [-0.2, -0.15) is 0 Å². The SMILES string of the molecule is COc1ccc2c(c1)CCCN2C(=O)CCOc1ccc(C)cc1C. The van der Waals surface area contributed by atoms with E-state index in [2.05, 4.69) is 13.0 Å². The molecule has 1 heterocycles. The predicted molar refractivity (Wildman–Crippen MR) is 99.7 cm³/mol. The van der Waals surface area contributed by atoms with Gasteiger partial charge >= 0.3 is 0 Å². The summed E-state index contributed by atoms with van der Waals surface area (Å²) in [6.07, 6.45) is 2.33. The van der Waals surface area contributed by atoms with Crippen molar-refractivity contribution >= 4 is 11.6 Å². The molecule has 4 nitrogen and oxygen atoms in total. The van der Waals surface area contributed by atoms with Gasteiger partial charge in [0.1, 0.15) is 11.5 Å². The van der Waals surface area contributed by atoms with E-state index >= 15 is 0 Å². The first-order chi connectivity index (χ1) is 12.1. The first-order valence-corrected chi connectivity index (χ1v) is 8.76. The van der Waals surface area contributed by atoms with Crippen molar-refractivity contribution in [1.29, 1.82) is 0 Å². The van der Waals surface area contributed by atoms with Gasteiger partial charge in [-0.25, -0.2) is 0 Å². The lowest BCUT2D eigenvalue weighted by Gasteiger charge is -2.30. The Balaban J connectivity index is 1.62. The molecule has 2 aromatic rings. The molecule has 0 aromatic heterocycles. The summed E-state index contributed by atoms with van der Waals surface area (Å²) < 4.78 is 11.1. The van der Waals surface area contributed by atoms with Crippen LogP contribution >= 0.6 is 0 Å². The fourth-order valence-electron chi connectivity index (χ4n) is 3.30. The summed E-state index contributed by atoms with van der Waals surface area (Å²) in [4.78, 5) is 14.5. The third-order valence-electron chi connectivity index (χ3n) is 4.61. The molecule has 0 saturated carbocycles. The Kier molecular flexibility index (Phi) is 5.27.